The zero-order valence-electron chi connectivity index (χ0n) is 12.1. The first-order chi connectivity index (χ1) is 8.59. The second kappa shape index (κ2) is 7.11. The van der Waals surface area contributed by atoms with Crippen LogP contribution in [0.4, 0.5) is 0 Å². The van der Waals surface area contributed by atoms with E-state index in [-0.39, 0.29) is 18.9 Å². The van der Waals surface area contributed by atoms with Crippen molar-refractivity contribution in [2.24, 2.45) is 11.3 Å². The van der Waals surface area contributed by atoms with Crippen LogP contribution in [0, 0.1) is 11.3 Å². The van der Waals surface area contributed by atoms with Crippen molar-refractivity contribution in [1.82, 2.24) is 5.32 Å². The lowest BCUT2D eigenvalue weighted by atomic mass is 9.94. The van der Waals surface area contributed by atoms with E-state index >= 15 is 0 Å². The molecule has 0 aliphatic heterocycles. The molecule has 0 radical (unpaired) electrons. The third-order valence-corrected chi connectivity index (χ3v) is 2.57. The molecular weight excluding hydrogens is 250 g/mol. The molecule has 6 nitrogen and oxygen atoms in total. The number of esters is 1. The molecule has 1 amide bonds. The van der Waals surface area contributed by atoms with Gasteiger partial charge in [-0.15, -0.1) is 0 Å². The number of hydrogen-bond donors (Lipinski definition) is 2. The lowest BCUT2D eigenvalue weighted by molar-refractivity contribution is -0.150. The highest BCUT2D eigenvalue weighted by Gasteiger charge is 2.30. The van der Waals surface area contributed by atoms with Crippen LogP contribution in [-0.2, 0) is 19.1 Å². The van der Waals surface area contributed by atoms with E-state index in [2.05, 4.69) is 5.32 Å². The molecule has 0 aliphatic rings. The van der Waals surface area contributed by atoms with E-state index in [1.54, 1.807) is 27.7 Å². The predicted molar refractivity (Wildman–Crippen MR) is 69.4 cm³/mol. The molecule has 2 atom stereocenters. The van der Waals surface area contributed by atoms with E-state index < -0.39 is 29.3 Å². The lowest BCUT2D eigenvalue weighted by Crippen LogP contribution is -2.47. The molecule has 0 unspecified atom stereocenters. The molecule has 0 fully saturated rings. The fourth-order valence-corrected chi connectivity index (χ4v) is 1.29. The van der Waals surface area contributed by atoms with Crippen LogP contribution < -0.4 is 5.32 Å². The van der Waals surface area contributed by atoms with Gasteiger partial charge in [-0.3, -0.25) is 9.59 Å². The smallest absolute Gasteiger partial charge is 0.328 e. The highest BCUT2D eigenvalue weighted by molar-refractivity contribution is 5.87. The van der Waals surface area contributed by atoms with Gasteiger partial charge in [-0.2, -0.15) is 0 Å². The summed E-state index contributed by atoms with van der Waals surface area (Å²) in [5.74, 6) is -2.68. The summed E-state index contributed by atoms with van der Waals surface area (Å²) >= 11 is 0. The third kappa shape index (κ3) is 6.22. The van der Waals surface area contributed by atoms with Crippen molar-refractivity contribution in [2.45, 2.75) is 47.1 Å². The largest absolute Gasteiger partial charge is 0.481 e. The van der Waals surface area contributed by atoms with Crippen LogP contribution in [0.2, 0.25) is 0 Å². The number of rotatable bonds is 6. The van der Waals surface area contributed by atoms with Gasteiger partial charge in [-0.25, -0.2) is 4.79 Å². The van der Waals surface area contributed by atoms with E-state index in [0.29, 0.717) is 0 Å². The van der Waals surface area contributed by atoms with Crippen LogP contribution in [0.3, 0.4) is 0 Å². The molecule has 6 heteroatoms. The molecule has 2 N–H and O–H groups in total. The van der Waals surface area contributed by atoms with Crippen molar-refractivity contribution in [3.63, 3.8) is 0 Å². The summed E-state index contributed by atoms with van der Waals surface area (Å²) in [5, 5.41) is 11.4. The monoisotopic (exact) mass is 273 g/mol. The van der Waals surface area contributed by atoms with Crippen LogP contribution in [0.25, 0.3) is 0 Å². The Balaban J connectivity index is 4.82. The summed E-state index contributed by atoms with van der Waals surface area (Å²) in [6, 6.07) is -0.933. The van der Waals surface area contributed by atoms with Gasteiger partial charge in [0.25, 0.3) is 0 Å². The van der Waals surface area contributed by atoms with Gasteiger partial charge in [0.2, 0.25) is 5.91 Å². The number of carbonyl (C=O) groups is 3. The summed E-state index contributed by atoms with van der Waals surface area (Å²) in [6.07, 6.45) is 0.00991. The Morgan fingerprint density at radius 2 is 1.79 bits per heavy atom. The fraction of sp³-hybridized carbons (Fsp3) is 0.769. The van der Waals surface area contributed by atoms with Crippen LogP contribution in [0.5, 0.6) is 0 Å². The van der Waals surface area contributed by atoms with Gasteiger partial charge in [0.05, 0.1) is 12.5 Å². The zero-order chi connectivity index (χ0) is 15.2. The maximum absolute atomic E-state index is 11.9. The van der Waals surface area contributed by atoms with Gasteiger partial charge < -0.3 is 15.2 Å². The van der Waals surface area contributed by atoms with Gasteiger partial charge in [-0.05, 0) is 13.3 Å². The number of carboxylic acids is 1. The van der Waals surface area contributed by atoms with Crippen molar-refractivity contribution in [3.05, 3.63) is 0 Å². The molecule has 0 spiro atoms. The van der Waals surface area contributed by atoms with Gasteiger partial charge in [-0.1, -0.05) is 27.7 Å². The van der Waals surface area contributed by atoms with E-state index in [0.717, 1.165) is 0 Å². The quantitative estimate of drug-likeness (QED) is 0.709. The molecular formula is C13H23NO5. The first kappa shape index (κ1) is 17.4. The molecule has 0 aromatic rings. The third-order valence-electron chi connectivity index (χ3n) is 2.57. The average molecular weight is 273 g/mol. The normalized spacial score (nSPS) is 14.4. The average Bonchev–Trinajstić information content (AvgIpc) is 2.26. The maximum Gasteiger partial charge on any atom is 0.328 e. The minimum atomic E-state index is -1.01. The Hall–Kier alpha value is -1.59. The number of hydrogen-bond acceptors (Lipinski definition) is 4. The molecule has 0 aromatic carbocycles. The highest BCUT2D eigenvalue weighted by Crippen LogP contribution is 2.15. The molecule has 0 aromatic heterocycles. The molecule has 19 heavy (non-hydrogen) atoms. The van der Waals surface area contributed by atoms with Crippen molar-refractivity contribution in [3.8, 4) is 0 Å². The Kier molecular flexibility index (Phi) is 6.52. The van der Waals surface area contributed by atoms with E-state index in [4.69, 9.17) is 9.84 Å². The minimum absolute atomic E-state index is 0.00991. The van der Waals surface area contributed by atoms with E-state index in [1.165, 1.54) is 6.92 Å². The molecule has 0 rings (SSSR count). The van der Waals surface area contributed by atoms with Crippen LogP contribution in [0.15, 0.2) is 0 Å². The van der Waals surface area contributed by atoms with Crippen LogP contribution in [0.1, 0.15) is 41.0 Å². The number of nitrogens with one attached hydrogen (secondary N) is 1. The Morgan fingerprint density at radius 1 is 1.26 bits per heavy atom. The number of ether oxygens (including phenoxy) is 1. The Labute approximate surface area is 113 Å². The summed E-state index contributed by atoms with van der Waals surface area (Å²) in [7, 11) is 0. The maximum atomic E-state index is 11.9. The van der Waals surface area contributed by atoms with E-state index in [9.17, 15) is 14.4 Å². The van der Waals surface area contributed by atoms with E-state index in [1.807, 2.05) is 0 Å². The van der Waals surface area contributed by atoms with Crippen molar-refractivity contribution in [1.29, 1.82) is 0 Å². The first-order valence-corrected chi connectivity index (χ1v) is 6.30. The Bertz CT molecular complexity index is 345. The topological polar surface area (TPSA) is 92.7 Å². The molecule has 0 aliphatic carbocycles. The van der Waals surface area contributed by atoms with Crippen LogP contribution in [-0.4, -0.2) is 35.6 Å². The highest BCUT2D eigenvalue weighted by atomic mass is 16.5. The predicted octanol–water partition coefficient (Wildman–Crippen LogP) is 1.19. The van der Waals surface area contributed by atoms with Crippen molar-refractivity contribution in [2.75, 3.05) is 6.61 Å². The first-order valence-electron chi connectivity index (χ1n) is 6.30. The molecule has 0 saturated carbocycles. The number of carboxylic acid groups (broad SMARTS) is 1. The number of amides is 1. The standard InChI is InChI=1S/C13H23NO5/c1-6-19-11(17)9(7-8(2)10(15)16)14-12(18)13(3,4)5/h8-9H,6-7H2,1-5H3,(H,14,18)(H,15,16)/t8-,9-/m0/s1. The second-order valence-electron chi connectivity index (χ2n) is 5.50. The van der Waals surface area contributed by atoms with Crippen molar-refractivity contribution < 1.29 is 24.2 Å². The Morgan fingerprint density at radius 3 is 2.16 bits per heavy atom. The number of aliphatic carboxylic acids is 1. The summed E-state index contributed by atoms with van der Waals surface area (Å²) in [6.45, 7) is 8.46. The number of carbonyl (C=O) groups excluding carboxylic acids is 2. The van der Waals surface area contributed by atoms with Crippen LogP contribution >= 0.6 is 0 Å². The van der Waals surface area contributed by atoms with Crippen molar-refractivity contribution >= 4 is 17.8 Å². The second-order valence-corrected chi connectivity index (χ2v) is 5.50. The summed E-state index contributed by atoms with van der Waals surface area (Å²) < 4.78 is 4.85. The lowest BCUT2D eigenvalue weighted by Gasteiger charge is -2.24. The molecule has 0 heterocycles. The molecule has 110 valence electrons. The SMILES string of the molecule is CCOC(=O)[C@H](C[C@H](C)C(=O)O)NC(=O)C(C)(C)C. The summed E-state index contributed by atoms with van der Waals surface area (Å²) in [4.78, 5) is 34.4. The fourth-order valence-electron chi connectivity index (χ4n) is 1.29. The van der Waals surface area contributed by atoms with Gasteiger partial charge >= 0.3 is 11.9 Å². The zero-order valence-corrected chi connectivity index (χ0v) is 12.1. The summed E-state index contributed by atoms with van der Waals surface area (Å²) in [5.41, 5.74) is -0.656. The molecule has 0 saturated heterocycles. The van der Waals surface area contributed by atoms with Gasteiger partial charge in [0, 0.05) is 5.41 Å². The molecule has 0 bridgehead atoms. The van der Waals surface area contributed by atoms with Gasteiger partial charge in [0.1, 0.15) is 6.04 Å². The minimum Gasteiger partial charge on any atom is -0.481 e. The van der Waals surface area contributed by atoms with Gasteiger partial charge in [0.15, 0.2) is 0 Å².